The van der Waals surface area contributed by atoms with Crippen LogP contribution in [0.5, 0.6) is 0 Å². The number of carbonyl (C=O) groups is 4. The average Bonchev–Trinajstić information content (AvgIpc) is 3.57. The first-order valence-electron chi connectivity index (χ1n) is 16.1. The van der Waals surface area contributed by atoms with Gasteiger partial charge in [-0.25, -0.2) is 14.4 Å². The molecule has 0 spiro atoms. The Labute approximate surface area is 280 Å². The number of carboxylic acid groups (broad SMARTS) is 2. The van der Waals surface area contributed by atoms with Crippen LogP contribution in [-0.4, -0.2) is 82.7 Å². The average molecular weight is 649 g/mol. The molecule has 9 heteroatoms. The Morgan fingerprint density at radius 2 is 1.17 bits per heavy atom. The number of hydrogen-bond donors (Lipinski definition) is 2. The van der Waals surface area contributed by atoms with E-state index in [0.29, 0.717) is 23.7 Å². The van der Waals surface area contributed by atoms with Gasteiger partial charge in [-0.2, -0.15) is 0 Å². The third kappa shape index (κ3) is 8.16. The summed E-state index contributed by atoms with van der Waals surface area (Å²) >= 11 is 0. The van der Waals surface area contributed by atoms with Crippen molar-refractivity contribution in [3.05, 3.63) is 118 Å². The number of benzene rings is 4. The molecule has 0 bridgehead atoms. The van der Waals surface area contributed by atoms with Crippen LogP contribution in [0.15, 0.2) is 84.9 Å². The van der Waals surface area contributed by atoms with Crippen LogP contribution in [0.3, 0.4) is 0 Å². The topological polar surface area (TPSA) is 124 Å². The molecule has 9 nitrogen and oxygen atoms in total. The van der Waals surface area contributed by atoms with Gasteiger partial charge in [0.15, 0.2) is 0 Å². The van der Waals surface area contributed by atoms with Crippen LogP contribution in [0.25, 0.3) is 22.3 Å². The number of aromatic carboxylic acids is 2. The summed E-state index contributed by atoms with van der Waals surface area (Å²) in [5, 5.41) is 18.7. The molecule has 1 unspecified atom stereocenters. The first-order valence-corrected chi connectivity index (χ1v) is 16.1. The molecular formula is C39H40N2O7. The lowest BCUT2D eigenvalue weighted by Crippen LogP contribution is -2.52. The molecule has 2 aliphatic rings. The Bertz CT molecular complexity index is 1820. The SMILES string of the molecule is CCOC(=O)c1cc(C(=O)O)cc(-c2ccc(C)cc2)c1.Cc1ccc(-c2cc(C(=O)O)cc(C(=O)N3CCN4CCCC4C3)c2)cc1. The number of aryl methyl sites for hydroxylation is 2. The van der Waals surface area contributed by atoms with Crippen molar-refractivity contribution in [1.82, 2.24) is 9.80 Å². The van der Waals surface area contributed by atoms with Crippen molar-refractivity contribution >= 4 is 23.8 Å². The maximum absolute atomic E-state index is 13.1. The molecule has 4 aromatic rings. The first kappa shape index (κ1) is 34.1. The molecule has 1 amide bonds. The third-order valence-electron chi connectivity index (χ3n) is 8.76. The van der Waals surface area contributed by atoms with E-state index < -0.39 is 17.9 Å². The van der Waals surface area contributed by atoms with Crippen LogP contribution in [0.4, 0.5) is 0 Å². The zero-order chi connectivity index (χ0) is 34.4. The Morgan fingerprint density at radius 3 is 1.69 bits per heavy atom. The zero-order valence-corrected chi connectivity index (χ0v) is 27.4. The van der Waals surface area contributed by atoms with Crippen LogP contribution >= 0.6 is 0 Å². The lowest BCUT2D eigenvalue weighted by Gasteiger charge is -2.37. The minimum Gasteiger partial charge on any atom is -0.478 e. The molecule has 2 heterocycles. The summed E-state index contributed by atoms with van der Waals surface area (Å²) in [5.74, 6) is -2.68. The van der Waals surface area contributed by atoms with Gasteiger partial charge in [-0.15, -0.1) is 0 Å². The summed E-state index contributed by atoms with van der Waals surface area (Å²) in [4.78, 5) is 52.1. The number of piperazine rings is 1. The Hall–Kier alpha value is -5.28. The van der Waals surface area contributed by atoms with E-state index in [0.717, 1.165) is 53.9 Å². The zero-order valence-electron chi connectivity index (χ0n) is 27.4. The van der Waals surface area contributed by atoms with Gasteiger partial charge < -0.3 is 19.8 Å². The van der Waals surface area contributed by atoms with Gasteiger partial charge in [-0.1, -0.05) is 59.7 Å². The van der Waals surface area contributed by atoms with E-state index in [1.54, 1.807) is 25.1 Å². The van der Waals surface area contributed by atoms with Gasteiger partial charge in [0.2, 0.25) is 0 Å². The van der Waals surface area contributed by atoms with Gasteiger partial charge in [0.05, 0.1) is 23.3 Å². The van der Waals surface area contributed by atoms with Crippen LogP contribution in [-0.2, 0) is 4.74 Å². The predicted octanol–water partition coefficient (Wildman–Crippen LogP) is 6.82. The van der Waals surface area contributed by atoms with E-state index in [1.807, 2.05) is 73.3 Å². The molecule has 248 valence electrons. The Balaban J connectivity index is 0.000000194. The van der Waals surface area contributed by atoms with E-state index in [4.69, 9.17) is 4.74 Å². The fraction of sp³-hybridized carbons (Fsp3) is 0.282. The molecule has 48 heavy (non-hydrogen) atoms. The van der Waals surface area contributed by atoms with E-state index in [9.17, 15) is 29.4 Å². The van der Waals surface area contributed by atoms with Crippen molar-refractivity contribution in [2.24, 2.45) is 0 Å². The molecule has 2 aliphatic heterocycles. The molecule has 6 rings (SSSR count). The number of esters is 1. The molecule has 0 aromatic heterocycles. The highest BCUT2D eigenvalue weighted by atomic mass is 16.5. The minimum atomic E-state index is -1.07. The predicted molar refractivity (Wildman–Crippen MR) is 184 cm³/mol. The fourth-order valence-corrected chi connectivity index (χ4v) is 6.14. The first-order chi connectivity index (χ1) is 23.0. The van der Waals surface area contributed by atoms with Crippen LogP contribution in [0.2, 0.25) is 0 Å². The van der Waals surface area contributed by atoms with Crippen LogP contribution < -0.4 is 0 Å². The van der Waals surface area contributed by atoms with Crippen molar-refractivity contribution in [2.75, 3.05) is 32.8 Å². The Morgan fingerprint density at radius 1 is 0.667 bits per heavy atom. The molecule has 0 aliphatic carbocycles. The van der Waals surface area contributed by atoms with Crippen molar-refractivity contribution in [1.29, 1.82) is 0 Å². The molecule has 1 atom stereocenters. The highest BCUT2D eigenvalue weighted by Gasteiger charge is 2.33. The van der Waals surface area contributed by atoms with Gasteiger partial charge in [-0.3, -0.25) is 9.69 Å². The van der Waals surface area contributed by atoms with Gasteiger partial charge >= 0.3 is 17.9 Å². The number of nitrogens with zero attached hydrogens (tertiary/aromatic N) is 2. The summed E-state index contributed by atoms with van der Waals surface area (Å²) in [6.45, 7) is 9.40. The molecule has 2 saturated heterocycles. The molecule has 2 fully saturated rings. The molecule has 0 radical (unpaired) electrons. The van der Waals surface area contributed by atoms with Gasteiger partial charge in [0.1, 0.15) is 0 Å². The van der Waals surface area contributed by atoms with Gasteiger partial charge in [0.25, 0.3) is 5.91 Å². The van der Waals surface area contributed by atoms with Crippen molar-refractivity contribution in [2.45, 2.75) is 39.7 Å². The normalized spacial score (nSPS) is 15.6. The van der Waals surface area contributed by atoms with Gasteiger partial charge in [0, 0.05) is 31.2 Å². The highest BCUT2D eigenvalue weighted by Crippen LogP contribution is 2.27. The maximum atomic E-state index is 13.1. The molecular weight excluding hydrogens is 608 g/mol. The summed E-state index contributed by atoms with van der Waals surface area (Å²) in [7, 11) is 0. The molecule has 2 N–H and O–H groups in total. The smallest absolute Gasteiger partial charge is 0.338 e. The Kier molecular flexibility index (Phi) is 10.7. The van der Waals surface area contributed by atoms with Crippen molar-refractivity contribution < 1.29 is 34.1 Å². The monoisotopic (exact) mass is 648 g/mol. The highest BCUT2D eigenvalue weighted by molar-refractivity contribution is 6.00. The standard InChI is InChI=1S/C22H24N2O3.C17H16O4/c1-15-4-6-16(7-5-15)17-11-18(13-19(12-17)22(26)27)21(25)24-10-9-23-8-2-3-20(23)14-24;1-3-21-17(20)15-9-13(8-14(10-15)16(18)19)12-6-4-11(2)5-7-12/h4-7,11-13,20H,2-3,8-10,14H2,1H3,(H,26,27);4-10H,3H2,1-2H3,(H,18,19). The fourth-order valence-electron chi connectivity index (χ4n) is 6.14. The summed E-state index contributed by atoms with van der Waals surface area (Å²) < 4.78 is 4.94. The number of carboxylic acids is 2. The van der Waals surface area contributed by atoms with Crippen LogP contribution in [0, 0.1) is 13.8 Å². The lowest BCUT2D eigenvalue weighted by molar-refractivity contribution is 0.0524. The summed E-state index contributed by atoms with van der Waals surface area (Å²) in [6.07, 6.45) is 2.33. The largest absolute Gasteiger partial charge is 0.478 e. The molecule has 0 saturated carbocycles. The van der Waals surface area contributed by atoms with Crippen molar-refractivity contribution in [3.63, 3.8) is 0 Å². The lowest BCUT2D eigenvalue weighted by atomic mass is 9.98. The number of amides is 1. The summed E-state index contributed by atoms with van der Waals surface area (Å²) in [5.41, 5.74) is 6.37. The van der Waals surface area contributed by atoms with Gasteiger partial charge in [-0.05, 0) is 98.8 Å². The quantitative estimate of drug-likeness (QED) is 0.209. The number of hydrogen-bond acceptors (Lipinski definition) is 6. The second-order valence-corrected chi connectivity index (χ2v) is 12.2. The minimum absolute atomic E-state index is 0.0659. The number of ether oxygens (including phenoxy) is 1. The van der Waals surface area contributed by atoms with E-state index >= 15 is 0 Å². The second kappa shape index (κ2) is 15.1. The van der Waals surface area contributed by atoms with E-state index in [1.165, 1.54) is 18.6 Å². The molecule has 4 aromatic carbocycles. The summed E-state index contributed by atoms with van der Waals surface area (Å²) in [6, 6.07) is 25.5. The number of rotatable bonds is 7. The maximum Gasteiger partial charge on any atom is 0.338 e. The second-order valence-electron chi connectivity index (χ2n) is 12.2. The van der Waals surface area contributed by atoms with E-state index in [-0.39, 0.29) is 29.2 Å². The van der Waals surface area contributed by atoms with Crippen LogP contribution in [0.1, 0.15) is 72.3 Å². The number of fused-ring (bicyclic) bond motifs is 1. The van der Waals surface area contributed by atoms with Crippen molar-refractivity contribution in [3.8, 4) is 22.3 Å². The third-order valence-corrected chi connectivity index (χ3v) is 8.76. The van der Waals surface area contributed by atoms with E-state index in [2.05, 4.69) is 4.90 Å². The number of carbonyl (C=O) groups excluding carboxylic acids is 2.